The van der Waals surface area contributed by atoms with Crippen LogP contribution >= 0.6 is 15.9 Å². The zero-order chi connectivity index (χ0) is 14.5. The van der Waals surface area contributed by atoms with Crippen LogP contribution in [0.2, 0.25) is 0 Å². The summed E-state index contributed by atoms with van der Waals surface area (Å²) in [6.07, 6.45) is -0.600. The van der Waals surface area contributed by atoms with E-state index < -0.39 is 6.10 Å². The van der Waals surface area contributed by atoms with Gasteiger partial charge in [-0.05, 0) is 24.6 Å². The first kappa shape index (κ1) is 15.2. The second kappa shape index (κ2) is 6.97. The van der Waals surface area contributed by atoms with Crippen molar-refractivity contribution in [1.82, 2.24) is 5.32 Å². The van der Waals surface area contributed by atoms with Crippen molar-refractivity contribution in [2.75, 3.05) is 6.54 Å². The molecular weight excluding hydrogens is 321 g/mol. The highest BCUT2D eigenvalue weighted by Crippen LogP contribution is 2.21. The predicted octanol–water partition coefficient (Wildman–Crippen LogP) is 3.97. The third-order valence-corrected chi connectivity index (χ3v) is 3.72. The molecule has 0 saturated heterocycles. The van der Waals surface area contributed by atoms with E-state index in [1.807, 2.05) is 43.3 Å². The summed E-state index contributed by atoms with van der Waals surface area (Å²) in [5.41, 5.74) is 1.44. The molecule has 0 amide bonds. The molecule has 2 aromatic rings. The van der Waals surface area contributed by atoms with Gasteiger partial charge in [-0.3, -0.25) is 0 Å². The topological polar surface area (TPSA) is 32.3 Å². The lowest BCUT2D eigenvalue weighted by atomic mass is 10.1. The van der Waals surface area contributed by atoms with E-state index in [0.29, 0.717) is 12.1 Å². The molecule has 0 saturated carbocycles. The van der Waals surface area contributed by atoms with Crippen LogP contribution in [-0.2, 0) is 0 Å². The lowest BCUT2D eigenvalue weighted by Crippen LogP contribution is -2.25. The highest BCUT2D eigenvalue weighted by molar-refractivity contribution is 9.10. The first-order valence-corrected chi connectivity index (χ1v) is 7.28. The number of aliphatic hydroxyl groups excluding tert-OH is 1. The molecule has 2 atom stereocenters. The van der Waals surface area contributed by atoms with Crippen molar-refractivity contribution in [3.8, 4) is 0 Å². The van der Waals surface area contributed by atoms with E-state index in [9.17, 15) is 9.50 Å². The summed E-state index contributed by atoms with van der Waals surface area (Å²) in [4.78, 5) is 0. The molecule has 0 aliphatic carbocycles. The van der Waals surface area contributed by atoms with Crippen molar-refractivity contribution in [3.05, 3.63) is 69.9 Å². The zero-order valence-corrected chi connectivity index (χ0v) is 12.8. The first-order valence-electron chi connectivity index (χ1n) is 6.49. The van der Waals surface area contributed by atoms with Crippen molar-refractivity contribution in [2.45, 2.75) is 19.1 Å². The summed E-state index contributed by atoms with van der Waals surface area (Å²) in [5.74, 6) is -0.256. The molecule has 0 spiro atoms. The fourth-order valence-corrected chi connectivity index (χ4v) is 2.38. The van der Waals surface area contributed by atoms with Gasteiger partial charge in [0, 0.05) is 22.6 Å². The van der Waals surface area contributed by atoms with Gasteiger partial charge in [0.25, 0.3) is 0 Å². The van der Waals surface area contributed by atoms with Crippen LogP contribution in [0.5, 0.6) is 0 Å². The van der Waals surface area contributed by atoms with Gasteiger partial charge in [0.05, 0.1) is 6.10 Å². The normalized spacial score (nSPS) is 14.0. The Morgan fingerprint density at radius 1 is 1.20 bits per heavy atom. The van der Waals surface area contributed by atoms with E-state index in [4.69, 9.17) is 0 Å². The number of halogens is 2. The fourth-order valence-electron chi connectivity index (χ4n) is 2.04. The Morgan fingerprint density at radius 3 is 2.55 bits per heavy atom. The van der Waals surface area contributed by atoms with Crippen LogP contribution in [-0.4, -0.2) is 11.7 Å². The molecule has 2 rings (SSSR count). The SMILES string of the molecule is CC(NCC(O)c1ccccc1)c1ccc(Br)cc1F. The summed E-state index contributed by atoms with van der Waals surface area (Å²) in [5, 5.41) is 13.2. The predicted molar refractivity (Wildman–Crippen MR) is 81.9 cm³/mol. The quantitative estimate of drug-likeness (QED) is 0.865. The molecule has 0 aromatic heterocycles. The molecule has 0 heterocycles. The highest BCUT2D eigenvalue weighted by atomic mass is 79.9. The molecular formula is C16H17BrFNO. The maximum atomic E-state index is 13.8. The second-order valence-electron chi connectivity index (χ2n) is 4.72. The number of nitrogens with one attached hydrogen (secondary N) is 1. The molecule has 2 nitrogen and oxygen atoms in total. The van der Waals surface area contributed by atoms with Crippen molar-refractivity contribution in [3.63, 3.8) is 0 Å². The van der Waals surface area contributed by atoms with E-state index in [2.05, 4.69) is 21.2 Å². The number of benzene rings is 2. The molecule has 0 bridgehead atoms. The van der Waals surface area contributed by atoms with E-state index in [1.54, 1.807) is 6.07 Å². The monoisotopic (exact) mass is 337 g/mol. The van der Waals surface area contributed by atoms with E-state index >= 15 is 0 Å². The Hall–Kier alpha value is -1.23. The van der Waals surface area contributed by atoms with Gasteiger partial charge >= 0.3 is 0 Å². The smallest absolute Gasteiger partial charge is 0.129 e. The Morgan fingerprint density at radius 2 is 1.90 bits per heavy atom. The van der Waals surface area contributed by atoms with Crippen LogP contribution in [0.25, 0.3) is 0 Å². The summed E-state index contributed by atoms with van der Waals surface area (Å²) in [6, 6.07) is 14.3. The van der Waals surface area contributed by atoms with Crippen molar-refractivity contribution in [2.24, 2.45) is 0 Å². The van der Waals surface area contributed by atoms with Crippen LogP contribution in [0.4, 0.5) is 4.39 Å². The molecule has 2 N–H and O–H groups in total. The average Bonchev–Trinajstić information content (AvgIpc) is 2.45. The standard InChI is InChI=1S/C16H17BrFNO/c1-11(14-8-7-13(17)9-15(14)18)19-10-16(20)12-5-3-2-4-6-12/h2-9,11,16,19-20H,10H2,1H3. The molecule has 0 fully saturated rings. The minimum absolute atomic E-state index is 0.165. The van der Waals surface area contributed by atoms with Crippen molar-refractivity contribution >= 4 is 15.9 Å². The Balaban J connectivity index is 1.96. The van der Waals surface area contributed by atoms with Crippen molar-refractivity contribution in [1.29, 1.82) is 0 Å². The Kier molecular flexibility index (Phi) is 5.29. The van der Waals surface area contributed by atoms with Gasteiger partial charge in [0.2, 0.25) is 0 Å². The third-order valence-electron chi connectivity index (χ3n) is 3.23. The summed E-state index contributed by atoms with van der Waals surface area (Å²) >= 11 is 3.24. The summed E-state index contributed by atoms with van der Waals surface area (Å²) in [6.45, 7) is 2.25. The number of hydrogen-bond donors (Lipinski definition) is 2. The maximum Gasteiger partial charge on any atom is 0.129 e. The molecule has 4 heteroatoms. The van der Waals surface area contributed by atoms with E-state index in [0.717, 1.165) is 10.0 Å². The Bertz CT molecular complexity index is 562. The minimum Gasteiger partial charge on any atom is -0.387 e. The van der Waals surface area contributed by atoms with Gasteiger partial charge < -0.3 is 10.4 Å². The van der Waals surface area contributed by atoms with Gasteiger partial charge in [-0.2, -0.15) is 0 Å². The zero-order valence-electron chi connectivity index (χ0n) is 11.2. The summed E-state index contributed by atoms with van der Waals surface area (Å²) < 4.78 is 14.5. The van der Waals surface area contributed by atoms with Crippen LogP contribution < -0.4 is 5.32 Å². The number of rotatable bonds is 5. The largest absolute Gasteiger partial charge is 0.387 e. The van der Waals surface area contributed by atoms with Gasteiger partial charge in [-0.15, -0.1) is 0 Å². The second-order valence-corrected chi connectivity index (χ2v) is 5.64. The number of hydrogen-bond acceptors (Lipinski definition) is 2. The number of aliphatic hydroxyl groups is 1. The van der Waals surface area contributed by atoms with Crippen LogP contribution in [0.1, 0.15) is 30.2 Å². The average molecular weight is 338 g/mol. The lowest BCUT2D eigenvalue weighted by Gasteiger charge is -2.18. The lowest BCUT2D eigenvalue weighted by molar-refractivity contribution is 0.170. The summed E-state index contributed by atoms with van der Waals surface area (Å²) in [7, 11) is 0. The molecule has 0 radical (unpaired) electrons. The van der Waals surface area contributed by atoms with Crippen LogP contribution in [0, 0.1) is 5.82 Å². The van der Waals surface area contributed by atoms with E-state index in [1.165, 1.54) is 6.07 Å². The minimum atomic E-state index is -0.600. The molecule has 2 unspecified atom stereocenters. The first-order chi connectivity index (χ1) is 9.58. The molecule has 0 aliphatic heterocycles. The maximum absolute atomic E-state index is 13.8. The van der Waals surface area contributed by atoms with Gasteiger partial charge in [-0.25, -0.2) is 4.39 Å². The van der Waals surface area contributed by atoms with Crippen LogP contribution in [0.15, 0.2) is 53.0 Å². The van der Waals surface area contributed by atoms with Crippen LogP contribution in [0.3, 0.4) is 0 Å². The highest BCUT2D eigenvalue weighted by Gasteiger charge is 2.13. The Labute approximate surface area is 126 Å². The fraction of sp³-hybridized carbons (Fsp3) is 0.250. The van der Waals surface area contributed by atoms with Crippen molar-refractivity contribution < 1.29 is 9.50 Å². The molecule has 20 heavy (non-hydrogen) atoms. The van der Waals surface area contributed by atoms with Gasteiger partial charge in [0.1, 0.15) is 5.82 Å². The molecule has 0 aliphatic rings. The molecule has 106 valence electrons. The van der Waals surface area contributed by atoms with Gasteiger partial charge in [0.15, 0.2) is 0 Å². The van der Waals surface area contributed by atoms with Gasteiger partial charge in [-0.1, -0.05) is 52.3 Å². The molecule has 2 aromatic carbocycles. The third kappa shape index (κ3) is 3.88. The van der Waals surface area contributed by atoms with E-state index in [-0.39, 0.29) is 11.9 Å².